The number of ketones is 1. The first kappa shape index (κ1) is 13.3. The lowest BCUT2D eigenvalue weighted by Crippen LogP contribution is -1.97. The monoisotopic (exact) mass is 250 g/mol. The van der Waals surface area contributed by atoms with Crippen LogP contribution in [0.1, 0.15) is 34.3 Å². The molecular weight excluding hydrogens is 232 g/mol. The molecule has 0 aliphatic carbocycles. The Balaban J connectivity index is 1.84. The van der Waals surface area contributed by atoms with Crippen molar-refractivity contribution in [3.63, 3.8) is 0 Å². The summed E-state index contributed by atoms with van der Waals surface area (Å²) in [6, 6.07) is 17.9. The number of carbonyl (C=O) groups is 1. The van der Waals surface area contributed by atoms with Gasteiger partial charge in [-0.25, -0.2) is 0 Å². The van der Waals surface area contributed by atoms with Crippen LogP contribution in [0, 0.1) is 6.92 Å². The van der Waals surface area contributed by atoms with Crippen LogP contribution in [-0.2, 0) is 0 Å². The molecule has 0 N–H and O–H groups in total. The lowest BCUT2D eigenvalue weighted by atomic mass is 10.0. The SMILES string of the molecule is Cc1ccc(C(=O)CC/C=C/c2ccccc2)cc1. The fourth-order valence-corrected chi connectivity index (χ4v) is 1.88. The average molecular weight is 250 g/mol. The summed E-state index contributed by atoms with van der Waals surface area (Å²) >= 11 is 0. The maximum Gasteiger partial charge on any atom is 0.163 e. The standard InChI is InChI=1S/C18H18O/c1-15-11-13-17(14-12-15)18(19)10-6-5-9-16-7-3-2-4-8-16/h2-5,7-9,11-14H,6,10H2,1H3/b9-5+. The number of benzene rings is 2. The van der Waals surface area contributed by atoms with Gasteiger partial charge in [-0.3, -0.25) is 4.79 Å². The van der Waals surface area contributed by atoms with E-state index in [2.05, 4.69) is 24.3 Å². The van der Waals surface area contributed by atoms with Gasteiger partial charge in [-0.1, -0.05) is 72.3 Å². The zero-order valence-electron chi connectivity index (χ0n) is 11.2. The van der Waals surface area contributed by atoms with Gasteiger partial charge >= 0.3 is 0 Å². The molecule has 0 fully saturated rings. The molecule has 0 radical (unpaired) electrons. The van der Waals surface area contributed by atoms with Crippen molar-refractivity contribution in [1.29, 1.82) is 0 Å². The Morgan fingerprint density at radius 1 is 1.00 bits per heavy atom. The van der Waals surface area contributed by atoms with Gasteiger partial charge in [0.25, 0.3) is 0 Å². The van der Waals surface area contributed by atoms with E-state index in [1.54, 1.807) is 0 Å². The molecule has 0 bridgehead atoms. The van der Waals surface area contributed by atoms with E-state index in [0.717, 1.165) is 12.0 Å². The molecule has 1 nitrogen and oxygen atoms in total. The molecule has 0 saturated carbocycles. The summed E-state index contributed by atoms with van der Waals surface area (Å²) in [5, 5.41) is 0. The molecule has 0 heterocycles. The Morgan fingerprint density at radius 3 is 2.37 bits per heavy atom. The quantitative estimate of drug-likeness (QED) is 0.705. The number of aryl methyl sites for hydroxylation is 1. The van der Waals surface area contributed by atoms with Gasteiger partial charge in [0.05, 0.1) is 0 Å². The Labute approximate surface area is 114 Å². The minimum absolute atomic E-state index is 0.206. The molecule has 0 aliphatic heterocycles. The topological polar surface area (TPSA) is 17.1 Å². The average Bonchev–Trinajstić information content (AvgIpc) is 2.45. The molecule has 0 aromatic heterocycles. The smallest absolute Gasteiger partial charge is 0.163 e. The van der Waals surface area contributed by atoms with Crippen molar-refractivity contribution in [2.45, 2.75) is 19.8 Å². The van der Waals surface area contributed by atoms with Gasteiger partial charge in [0, 0.05) is 12.0 Å². The van der Waals surface area contributed by atoms with Gasteiger partial charge in [0.15, 0.2) is 5.78 Å². The summed E-state index contributed by atoms with van der Waals surface area (Å²) in [7, 11) is 0. The summed E-state index contributed by atoms with van der Waals surface area (Å²) in [6.07, 6.45) is 5.46. The molecule has 0 saturated heterocycles. The highest BCUT2D eigenvalue weighted by Gasteiger charge is 2.03. The number of hydrogen-bond donors (Lipinski definition) is 0. The predicted octanol–water partition coefficient (Wildman–Crippen LogP) is 4.67. The van der Waals surface area contributed by atoms with Gasteiger partial charge in [-0.05, 0) is 18.9 Å². The first-order valence-corrected chi connectivity index (χ1v) is 6.57. The van der Waals surface area contributed by atoms with Crippen LogP contribution >= 0.6 is 0 Å². The molecule has 1 heteroatoms. The third-order valence-corrected chi connectivity index (χ3v) is 3.02. The fraction of sp³-hybridized carbons (Fsp3) is 0.167. The number of rotatable bonds is 5. The van der Waals surface area contributed by atoms with Crippen molar-refractivity contribution < 1.29 is 4.79 Å². The molecule has 2 aromatic rings. The van der Waals surface area contributed by atoms with E-state index in [4.69, 9.17) is 0 Å². The molecule has 19 heavy (non-hydrogen) atoms. The van der Waals surface area contributed by atoms with E-state index in [0.29, 0.717) is 6.42 Å². The lowest BCUT2D eigenvalue weighted by Gasteiger charge is -1.99. The molecule has 2 rings (SSSR count). The second-order valence-corrected chi connectivity index (χ2v) is 4.64. The summed E-state index contributed by atoms with van der Waals surface area (Å²) in [5.41, 5.74) is 3.16. The summed E-state index contributed by atoms with van der Waals surface area (Å²) in [5.74, 6) is 0.206. The van der Waals surface area contributed by atoms with Gasteiger partial charge in [0.2, 0.25) is 0 Å². The van der Waals surface area contributed by atoms with Gasteiger partial charge in [-0.2, -0.15) is 0 Å². The van der Waals surface area contributed by atoms with Crippen molar-refractivity contribution in [2.75, 3.05) is 0 Å². The van der Waals surface area contributed by atoms with Crippen molar-refractivity contribution in [2.24, 2.45) is 0 Å². The van der Waals surface area contributed by atoms with Gasteiger partial charge < -0.3 is 0 Å². The Bertz CT molecular complexity index is 550. The van der Waals surface area contributed by atoms with Crippen LogP contribution in [0.5, 0.6) is 0 Å². The number of Topliss-reactive ketones (excluding diaryl/α,β-unsaturated/α-hetero) is 1. The van der Waals surface area contributed by atoms with Crippen LogP contribution in [0.15, 0.2) is 60.7 Å². The predicted molar refractivity (Wildman–Crippen MR) is 80.2 cm³/mol. The summed E-state index contributed by atoms with van der Waals surface area (Å²) < 4.78 is 0. The van der Waals surface area contributed by atoms with Crippen LogP contribution in [-0.4, -0.2) is 5.78 Å². The summed E-state index contributed by atoms with van der Waals surface area (Å²) in [6.45, 7) is 2.02. The lowest BCUT2D eigenvalue weighted by molar-refractivity contribution is 0.0984. The molecular formula is C18H18O. The second kappa shape index (κ2) is 6.69. The van der Waals surface area contributed by atoms with Crippen LogP contribution in [0.3, 0.4) is 0 Å². The zero-order chi connectivity index (χ0) is 13.5. The third kappa shape index (κ3) is 4.22. The van der Waals surface area contributed by atoms with Crippen LogP contribution in [0.4, 0.5) is 0 Å². The first-order chi connectivity index (χ1) is 9.25. The first-order valence-electron chi connectivity index (χ1n) is 6.57. The van der Waals surface area contributed by atoms with Crippen molar-refractivity contribution in [3.05, 3.63) is 77.4 Å². The van der Waals surface area contributed by atoms with Crippen molar-refractivity contribution in [1.82, 2.24) is 0 Å². The Morgan fingerprint density at radius 2 is 1.68 bits per heavy atom. The second-order valence-electron chi connectivity index (χ2n) is 4.64. The minimum Gasteiger partial charge on any atom is -0.294 e. The normalized spacial score (nSPS) is 10.8. The van der Waals surface area contributed by atoms with E-state index in [1.807, 2.05) is 49.4 Å². The minimum atomic E-state index is 0.206. The van der Waals surface area contributed by atoms with E-state index >= 15 is 0 Å². The molecule has 96 valence electrons. The Hall–Kier alpha value is -2.15. The zero-order valence-corrected chi connectivity index (χ0v) is 11.2. The molecule has 2 aromatic carbocycles. The van der Waals surface area contributed by atoms with Crippen LogP contribution < -0.4 is 0 Å². The van der Waals surface area contributed by atoms with Gasteiger partial charge in [0.1, 0.15) is 0 Å². The highest BCUT2D eigenvalue weighted by molar-refractivity contribution is 5.96. The van der Waals surface area contributed by atoms with E-state index in [9.17, 15) is 4.79 Å². The fourth-order valence-electron chi connectivity index (χ4n) is 1.88. The maximum absolute atomic E-state index is 11.9. The molecule has 0 amide bonds. The Kier molecular flexibility index (Phi) is 4.68. The van der Waals surface area contributed by atoms with Crippen LogP contribution in [0.25, 0.3) is 6.08 Å². The third-order valence-electron chi connectivity index (χ3n) is 3.02. The number of allylic oxidation sites excluding steroid dienone is 1. The van der Waals surface area contributed by atoms with E-state index in [-0.39, 0.29) is 5.78 Å². The highest BCUT2D eigenvalue weighted by Crippen LogP contribution is 2.09. The number of hydrogen-bond acceptors (Lipinski definition) is 1. The number of carbonyl (C=O) groups excluding carboxylic acids is 1. The maximum atomic E-state index is 11.9. The summed E-state index contributed by atoms with van der Waals surface area (Å²) in [4.78, 5) is 11.9. The van der Waals surface area contributed by atoms with E-state index in [1.165, 1.54) is 11.1 Å². The molecule has 0 aliphatic rings. The van der Waals surface area contributed by atoms with Crippen LogP contribution in [0.2, 0.25) is 0 Å². The largest absolute Gasteiger partial charge is 0.294 e. The van der Waals surface area contributed by atoms with Crippen molar-refractivity contribution in [3.8, 4) is 0 Å². The van der Waals surface area contributed by atoms with Gasteiger partial charge in [-0.15, -0.1) is 0 Å². The van der Waals surface area contributed by atoms with Crippen molar-refractivity contribution >= 4 is 11.9 Å². The van der Waals surface area contributed by atoms with E-state index < -0.39 is 0 Å². The molecule has 0 atom stereocenters. The highest BCUT2D eigenvalue weighted by atomic mass is 16.1. The molecule has 0 spiro atoms. The molecule has 0 unspecified atom stereocenters.